The van der Waals surface area contributed by atoms with Crippen molar-refractivity contribution in [2.24, 2.45) is 0 Å². The second-order valence-electron chi connectivity index (χ2n) is 6.80. The maximum absolute atomic E-state index is 12.6. The predicted molar refractivity (Wildman–Crippen MR) is 104 cm³/mol. The zero-order chi connectivity index (χ0) is 23.9. The summed E-state index contributed by atoms with van der Waals surface area (Å²) in [6.07, 6.45) is -6.18. The quantitative estimate of drug-likeness (QED) is 0.500. The molecule has 32 heavy (non-hydrogen) atoms. The van der Waals surface area contributed by atoms with Crippen LogP contribution in [0.2, 0.25) is 0 Å². The number of alkyl halides is 3. The number of esters is 1. The number of nitrogens with zero attached hydrogens (tertiary/aromatic N) is 3. The SMILES string of the molecule is COC(C)C(=O)OCCN(Cc1ccc(-c2noc(C(F)(F)F)n2)cc1)C(=O)C(C)OC. The molecule has 2 rings (SSSR count). The summed E-state index contributed by atoms with van der Waals surface area (Å²) in [5.74, 6) is -2.51. The van der Waals surface area contributed by atoms with Crippen LogP contribution in [0.15, 0.2) is 28.8 Å². The Bertz CT molecular complexity index is 901. The number of amides is 1. The highest BCUT2D eigenvalue weighted by molar-refractivity contribution is 5.80. The fraction of sp³-hybridized carbons (Fsp3) is 0.500. The summed E-state index contributed by atoms with van der Waals surface area (Å²) in [6, 6.07) is 6.28. The second-order valence-corrected chi connectivity index (χ2v) is 6.80. The molecule has 0 fully saturated rings. The molecule has 0 aliphatic rings. The number of carbonyl (C=O) groups excluding carboxylic acids is 2. The number of hydrogen-bond donors (Lipinski definition) is 0. The highest BCUT2D eigenvalue weighted by Crippen LogP contribution is 2.29. The lowest BCUT2D eigenvalue weighted by Gasteiger charge is -2.25. The third kappa shape index (κ3) is 6.76. The number of methoxy groups -OCH3 is 2. The van der Waals surface area contributed by atoms with Gasteiger partial charge in [0, 0.05) is 26.3 Å². The largest absolute Gasteiger partial charge is 0.471 e. The smallest absolute Gasteiger partial charge is 0.462 e. The molecule has 0 saturated heterocycles. The number of aromatic nitrogens is 2. The Balaban J connectivity index is 2.08. The average molecular weight is 459 g/mol. The number of rotatable bonds is 10. The summed E-state index contributed by atoms with van der Waals surface area (Å²) in [5, 5.41) is 3.34. The van der Waals surface area contributed by atoms with Gasteiger partial charge in [0.25, 0.3) is 5.91 Å². The number of ether oxygens (including phenoxy) is 3. The molecule has 1 heterocycles. The van der Waals surface area contributed by atoms with Gasteiger partial charge in [0.2, 0.25) is 5.82 Å². The number of halogens is 3. The van der Waals surface area contributed by atoms with E-state index in [1.165, 1.54) is 31.3 Å². The first-order chi connectivity index (χ1) is 15.1. The molecule has 2 unspecified atom stereocenters. The molecule has 12 heteroatoms. The van der Waals surface area contributed by atoms with Gasteiger partial charge in [-0.25, -0.2) is 4.79 Å². The van der Waals surface area contributed by atoms with E-state index in [1.54, 1.807) is 26.0 Å². The van der Waals surface area contributed by atoms with E-state index in [0.29, 0.717) is 11.1 Å². The van der Waals surface area contributed by atoms with E-state index in [0.717, 1.165) is 0 Å². The van der Waals surface area contributed by atoms with Gasteiger partial charge in [-0.1, -0.05) is 29.4 Å². The lowest BCUT2D eigenvalue weighted by atomic mass is 10.1. The van der Waals surface area contributed by atoms with Crippen LogP contribution in [0, 0.1) is 0 Å². The first-order valence-corrected chi connectivity index (χ1v) is 9.58. The topological polar surface area (TPSA) is 104 Å². The van der Waals surface area contributed by atoms with Gasteiger partial charge in [0.05, 0.1) is 6.54 Å². The Morgan fingerprint density at radius 1 is 1.09 bits per heavy atom. The second kappa shape index (κ2) is 11.0. The van der Waals surface area contributed by atoms with Crippen LogP contribution in [0.1, 0.15) is 25.3 Å². The maximum Gasteiger partial charge on any atom is 0.471 e. The zero-order valence-corrected chi connectivity index (χ0v) is 18.0. The third-order valence-corrected chi connectivity index (χ3v) is 4.56. The van der Waals surface area contributed by atoms with E-state index >= 15 is 0 Å². The van der Waals surface area contributed by atoms with Gasteiger partial charge >= 0.3 is 18.0 Å². The molecule has 0 N–H and O–H groups in total. The molecule has 1 aromatic heterocycles. The van der Waals surface area contributed by atoms with Gasteiger partial charge in [0.1, 0.15) is 12.7 Å². The Morgan fingerprint density at radius 3 is 2.25 bits per heavy atom. The first kappa shape index (κ1) is 25.3. The Morgan fingerprint density at radius 2 is 1.72 bits per heavy atom. The maximum atomic E-state index is 12.6. The summed E-state index contributed by atoms with van der Waals surface area (Å²) < 4.78 is 57.2. The summed E-state index contributed by atoms with van der Waals surface area (Å²) >= 11 is 0. The molecule has 0 saturated carbocycles. The Kier molecular flexibility index (Phi) is 8.72. The van der Waals surface area contributed by atoms with Crippen LogP contribution in [0.3, 0.4) is 0 Å². The van der Waals surface area contributed by atoms with Crippen molar-refractivity contribution in [1.82, 2.24) is 15.0 Å². The minimum atomic E-state index is -4.73. The molecular weight excluding hydrogens is 435 g/mol. The third-order valence-electron chi connectivity index (χ3n) is 4.56. The summed E-state index contributed by atoms with van der Waals surface area (Å²) in [7, 11) is 2.78. The lowest BCUT2D eigenvalue weighted by molar-refractivity contribution is -0.159. The van der Waals surface area contributed by atoms with Crippen LogP contribution >= 0.6 is 0 Å². The van der Waals surface area contributed by atoms with Crippen molar-refractivity contribution in [2.45, 2.75) is 38.8 Å². The van der Waals surface area contributed by atoms with Gasteiger partial charge in [0.15, 0.2) is 6.10 Å². The molecule has 0 bridgehead atoms. The average Bonchev–Trinajstić information content (AvgIpc) is 3.28. The monoisotopic (exact) mass is 459 g/mol. The van der Waals surface area contributed by atoms with Crippen molar-refractivity contribution in [1.29, 1.82) is 0 Å². The number of hydrogen-bond acceptors (Lipinski definition) is 8. The predicted octanol–water partition coefficient (Wildman–Crippen LogP) is 2.70. The molecule has 1 amide bonds. The molecule has 0 aliphatic heterocycles. The van der Waals surface area contributed by atoms with Crippen molar-refractivity contribution in [2.75, 3.05) is 27.4 Å². The van der Waals surface area contributed by atoms with Gasteiger partial charge in [-0.15, -0.1) is 0 Å². The molecule has 9 nitrogen and oxygen atoms in total. The Labute approximate surface area is 182 Å². The van der Waals surface area contributed by atoms with E-state index in [9.17, 15) is 22.8 Å². The number of carbonyl (C=O) groups is 2. The molecule has 2 atom stereocenters. The van der Waals surface area contributed by atoms with Crippen LogP contribution < -0.4 is 0 Å². The van der Waals surface area contributed by atoms with Crippen molar-refractivity contribution in [3.63, 3.8) is 0 Å². The standard InChI is InChI=1S/C20H24F3N3O6/c1-12(29-3)17(27)26(9-10-31-18(28)13(2)30-4)11-14-5-7-15(8-6-14)16-24-19(32-25-16)20(21,22)23/h5-8,12-13H,9-11H2,1-4H3. The van der Waals surface area contributed by atoms with Crippen LogP contribution in [-0.4, -0.2) is 66.5 Å². The van der Waals surface area contributed by atoms with Crippen molar-refractivity contribution >= 4 is 11.9 Å². The van der Waals surface area contributed by atoms with Crippen LogP contribution in [-0.2, 0) is 36.5 Å². The molecule has 0 radical (unpaired) electrons. The molecule has 1 aromatic carbocycles. The number of benzene rings is 1. The van der Waals surface area contributed by atoms with Gasteiger partial charge < -0.3 is 23.6 Å². The fourth-order valence-electron chi connectivity index (χ4n) is 2.53. The van der Waals surface area contributed by atoms with Crippen LogP contribution in [0.4, 0.5) is 13.2 Å². The van der Waals surface area contributed by atoms with Crippen molar-refractivity contribution in [3.05, 3.63) is 35.7 Å². The molecular formula is C20H24F3N3O6. The molecule has 0 aliphatic carbocycles. The minimum Gasteiger partial charge on any atom is -0.462 e. The normalized spacial score (nSPS) is 13.5. The zero-order valence-electron chi connectivity index (χ0n) is 18.0. The van der Waals surface area contributed by atoms with Crippen molar-refractivity contribution in [3.8, 4) is 11.4 Å². The van der Waals surface area contributed by atoms with Crippen LogP contribution in [0.25, 0.3) is 11.4 Å². The molecule has 2 aromatic rings. The first-order valence-electron chi connectivity index (χ1n) is 9.58. The molecule has 0 spiro atoms. The van der Waals surface area contributed by atoms with E-state index < -0.39 is 30.2 Å². The van der Waals surface area contributed by atoms with Crippen molar-refractivity contribution < 1.29 is 41.5 Å². The van der Waals surface area contributed by atoms with Gasteiger partial charge in [-0.2, -0.15) is 18.2 Å². The Hall–Kier alpha value is -2.99. The highest BCUT2D eigenvalue weighted by atomic mass is 19.4. The van der Waals surface area contributed by atoms with Gasteiger partial charge in [-0.05, 0) is 19.4 Å². The van der Waals surface area contributed by atoms with E-state index in [-0.39, 0.29) is 31.4 Å². The summed E-state index contributed by atoms with van der Waals surface area (Å²) in [6.45, 7) is 3.35. The van der Waals surface area contributed by atoms with Crippen LogP contribution in [0.5, 0.6) is 0 Å². The summed E-state index contributed by atoms with van der Waals surface area (Å²) in [4.78, 5) is 29.2. The fourth-order valence-corrected chi connectivity index (χ4v) is 2.53. The summed E-state index contributed by atoms with van der Waals surface area (Å²) in [5.41, 5.74) is 1.00. The van der Waals surface area contributed by atoms with Gasteiger partial charge in [-0.3, -0.25) is 4.79 Å². The lowest BCUT2D eigenvalue weighted by Crippen LogP contribution is -2.40. The van der Waals surface area contributed by atoms with E-state index in [4.69, 9.17) is 14.2 Å². The van der Waals surface area contributed by atoms with E-state index in [2.05, 4.69) is 14.7 Å². The minimum absolute atomic E-state index is 0.0458. The highest BCUT2D eigenvalue weighted by Gasteiger charge is 2.38. The van der Waals surface area contributed by atoms with E-state index in [1.807, 2.05) is 0 Å². The molecule has 176 valence electrons.